The van der Waals surface area contributed by atoms with E-state index in [0.29, 0.717) is 0 Å². The molecule has 1 unspecified atom stereocenters. The van der Waals surface area contributed by atoms with Crippen LogP contribution in [0.15, 0.2) is 0 Å². The molecule has 0 fully saturated rings. The Morgan fingerprint density at radius 2 is 1.90 bits per heavy atom. The maximum atomic E-state index is 9.81. The molecule has 0 aliphatic carbocycles. The molecule has 1 atom stereocenters. The van der Waals surface area contributed by atoms with Gasteiger partial charge in [-0.15, -0.1) is 0 Å². The molecule has 0 radical (unpaired) electrons. The van der Waals surface area contributed by atoms with E-state index < -0.39 is 17.1 Å². The van der Waals surface area contributed by atoms with Crippen molar-refractivity contribution >= 4 is 42.1 Å². The summed E-state index contributed by atoms with van der Waals surface area (Å²) in [4.78, 5) is 9.81. The predicted molar refractivity (Wildman–Crippen MR) is 40.6 cm³/mol. The zero-order chi connectivity index (χ0) is 7.44. The SMILES string of the molecule is O=C(O)C(O)CC(O)=S.[LiH]. The minimum atomic E-state index is -1.58. The van der Waals surface area contributed by atoms with Gasteiger partial charge < -0.3 is 15.3 Å². The van der Waals surface area contributed by atoms with E-state index in [1.54, 1.807) is 0 Å². The van der Waals surface area contributed by atoms with Crippen molar-refractivity contribution in [1.29, 1.82) is 0 Å². The van der Waals surface area contributed by atoms with E-state index in [1.165, 1.54) is 0 Å². The van der Waals surface area contributed by atoms with Gasteiger partial charge in [-0.05, 0) is 12.2 Å². The van der Waals surface area contributed by atoms with Gasteiger partial charge in [-0.1, -0.05) is 0 Å². The Morgan fingerprint density at radius 1 is 1.50 bits per heavy atom. The fourth-order valence-electron chi connectivity index (χ4n) is 0.253. The Hall–Kier alpha value is -0.0826. The summed E-state index contributed by atoms with van der Waals surface area (Å²) in [5.41, 5.74) is 0. The van der Waals surface area contributed by atoms with Crippen LogP contribution < -0.4 is 0 Å². The first kappa shape index (κ1) is 12.6. The fourth-order valence-corrected chi connectivity index (χ4v) is 0.411. The Bertz CT molecular complexity index is 137. The number of hydrogen-bond donors (Lipinski definition) is 3. The van der Waals surface area contributed by atoms with Gasteiger partial charge in [0.15, 0.2) is 11.2 Å². The second-order valence-electron chi connectivity index (χ2n) is 1.45. The number of hydrogen-bond acceptors (Lipinski definition) is 3. The molecule has 0 aliphatic rings. The monoisotopic (exact) mass is 158 g/mol. The normalized spacial score (nSPS) is 11.3. The zero-order valence-corrected chi connectivity index (χ0v) is 5.26. The quantitative estimate of drug-likeness (QED) is 0.365. The second-order valence-corrected chi connectivity index (χ2v) is 1.92. The number of thiocarbonyl (C=S) groups is 1. The summed E-state index contributed by atoms with van der Waals surface area (Å²) in [5.74, 6) is -1.38. The number of rotatable bonds is 3. The van der Waals surface area contributed by atoms with Gasteiger partial charge in [-0.25, -0.2) is 4.79 Å². The number of carboxylic acids is 1. The molecule has 0 aromatic heterocycles. The van der Waals surface area contributed by atoms with Gasteiger partial charge in [0.1, 0.15) is 0 Å². The first-order valence-corrected chi connectivity index (χ1v) is 2.57. The molecule has 0 aliphatic heterocycles. The van der Waals surface area contributed by atoms with Crippen molar-refractivity contribution in [2.45, 2.75) is 12.5 Å². The van der Waals surface area contributed by atoms with E-state index in [2.05, 4.69) is 12.2 Å². The third-order valence-electron chi connectivity index (χ3n) is 0.653. The van der Waals surface area contributed by atoms with Crippen LogP contribution in [-0.2, 0) is 4.79 Å². The van der Waals surface area contributed by atoms with Gasteiger partial charge in [-0.3, -0.25) is 0 Å². The van der Waals surface area contributed by atoms with E-state index in [0.717, 1.165) is 0 Å². The Morgan fingerprint density at radius 3 is 2.00 bits per heavy atom. The second kappa shape index (κ2) is 5.68. The molecule has 0 heterocycles. The van der Waals surface area contributed by atoms with Crippen molar-refractivity contribution in [3.05, 3.63) is 0 Å². The molecule has 0 rings (SSSR count). The molecule has 54 valence electrons. The summed E-state index contributed by atoms with van der Waals surface area (Å²) in [7, 11) is 0. The molecule has 3 N–H and O–H groups in total. The predicted octanol–water partition coefficient (Wildman–Crippen LogP) is -0.941. The fraction of sp³-hybridized carbons (Fsp3) is 0.500. The van der Waals surface area contributed by atoms with Crippen molar-refractivity contribution in [1.82, 2.24) is 0 Å². The molecule has 0 spiro atoms. The van der Waals surface area contributed by atoms with E-state index in [9.17, 15) is 4.79 Å². The van der Waals surface area contributed by atoms with Crippen LogP contribution in [-0.4, -0.2) is 51.3 Å². The standard InChI is InChI=1S/C4H6O4S.Li.H/c5-2(4(7)8)1-3(6)9;;/h2,5H,1H2,(H,6,9)(H,7,8);;. The topological polar surface area (TPSA) is 77.8 Å². The van der Waals surface area contributed by atoms with Crippen LogP contribution in [0, 0.1) is 0 Å². The van der Waals surface area contributed by atoms with E-state index in [-0.39, 0.29) is 25.3 Å². The molecular formula is C4H7LiO4S. The minimum absolute atomic E-state index is 0. The molecule has 0 amide bonds. The zero-order valence-electron chi connectivity index (χ0n) is 4.44. The third kappa shape index (κ3) is 6.04. The van der Waals surface area contributed by atoms with Gasteiger partial charge in [-0.2, -0.15) is 0 Å². The molecule has 6 heteroatoms. The first-order chi connectivity index (χ1) is 4.04. The van der Waals surface area contributed by atoms with Gasteiger partial charge in [0, 0.05) is 0 Å². The van der Waals surface area contributed by atoms with E-state index in [1.807, 2.05) is 0 Å². The summed E-state index contributed by atoms with van der Waals surface area (Å²) >= 11 is 4.12. The van der Waals surface area contributed by atoms with Gasteiger partial charge >= 0.3 is 24.8 Å². The Kier molecular flexibility index (Phi) is 7.15. The van der Waals surface area contributed by atoms with Crippen molar-refractivity contribution < 1.29 is 20.1 Å². The van der Waals surface area contributed by atoms with Crippen molar-refractivity contribution in [3.8, 4) is 0 Å². The van der Waals surface area contributed by atoms with Crippen LogP contribution in [0.4, 0.5) is 0 Å². The van der Waals surface area contributed by atoms with Gasteiger partial charge in [0.2, 0.25) is 0 Å². The van der Waals surface area contributed by atoms with Crippen molar-refractivity contribution in [2.24, 2.45) is 0 Å². The molecule has 10 heavy (non-hydrogen) atoms. The average Bonchev–Trinajstić information content (AvgIpc) is 1.63. The van der Waals surface area contributed by atoms with Gasteiger partial charge in [0.05, 0.1) is 6.42 Å². The van der Waals surface area contributed by atoms with E-state index >= 15 is 0 Å². The Labute approximate surface area is 75.0 Å². The number of carbonyl (C=O) groups is 1. The molecule has 4 nitrogen and oxygen atoms in total. The first-order valence-electron chi connectivity index (χ1n) is 2.16. The molecule has 0 saturated heterocycles. The number of carboxylic acid groups (broad SMARTS) is 1. The van der Waals surface area contributed by atoms with Crippen LogP contribution in [0.5, 0.6) is 0 Å². The van der Waals surface area contributed by atoms with Gasteiger partial charge in [0.25, 0.3) is 0 Å². The maximum absolute atomic E-state index is 9.81. The van der Waals surface area contributed by atoms with Crippen LogP contribution in [0.2, 0.25) is 0 Å². The summed E-state index contributed by atoms with van der Waals surface area (Å²) in [6.07, 6.45) is -1.97. The molecule has 0 aromatic carbocycles. The number of aliphatic carboxylic acids is 1. The molecule has 0 bridgehead atoms. The van der Waals surface area contributed by atoms with Crippen LogP contribution in [0.1, 0.15) is 6.42 Å². The number of aliphatic hydroxyl groups excluding tert-OH is 2. The summed E-state index contributed by atoms with van der Waals surface area (Å²) in [5, 5.41) is 24.2. The third-order valence-corrected chi connectivity index (χ3v) is 0.820. The van der Waals surface area contributed by atoms with Crippen LogP contribution in [0.3, 0.4) is 0 Å². The van der Waals surface area contributed by atoms with Crippen molar-refractivity contribution in [2.75, 3.05) is 0 Å². The Balaban J connectivity index is 0. The summed E-state index contributed by atoms with van der Waals surface area (Å²) in [6.45, 7) is 0. The van der Waals surface area contributed by atoms with Crippen LogP contribution in [0.25, 0.3) is 0 Å². The number of aliphatic hydroxyl groups is 2. The van der Waals surface area contributed by atoms with E-state index in [4.69, 9.17) is 15.3 Å². The summed E-state index contributed by atoms with van der Waals surface area (Å²) in [6, 6.07) is 0. The average molecular weight is 158 g/mol. The molecule has 0 aromatic rings. The molecular weight excluding hydrogens is 151 g/mol. The molecule has 0 saturated carbocycles. The van der Waals surface area contributed by atoms with Crippen LogP contribution >= 0.6 is 12.2 Å². The van der Waals surface area contributed by atoms with Crippen molar-refractivity contribution in [3.63, 3.8) is 0 Å². The summed E-state index contributed by atoms with van der Waals surface area (Å²) < 4.78 is 0.